The molecule has 0 unspecified atom stereocenters. The van der Waals surface area contributed by atoms with Crippen LogP contribution in [-0.4, -0.2) is 64.5 Å². The monoisotopic (exact) mass is 466 g/mol. The van der Waals surface area contributed by atoms with Crippen molar-refractivity contribution < 1.29 is 29.0 Å². The summed E-state index contributed by atoms with van der Waals surface area (Å²) in [6.07, 6.45) is 3.78. The Kier molecular flexibility index (Phi) is 4.90. The minimum Gasteiger partial charge on any atom is -0.457 e. The number of nitrogens with zero attached hydrogens (tertiary/aromatic N) is 2. The highest BCUT2D eigenvalue weighted by atomic mass is 16.5. The van der Waals surface area contributed by atoms with Crippen molar-refractivity contribution >= 4 is 17.8 Å². The van der Waals surface area contributed by atoms with E-state index in [0.29, 0.717) is 24.2 Å². The molecule has 5 aliphatic heterocycles. The summed E-state index contributed by atoms with van der Waals surface area (Å²) in [5.74, 6) is -0.491. The van der Waals surface area contributed by atoms with Crippen LogP contribution in [0, 0.1) is 12.3 Å². The first-order chi connectivity index (χ1) is 16.3. The van der Waals surface area contributed by atoms with Gasteiger partial charge in [-0.15, -0.1) is 0 Å². The van der Waals surface area contributed by atoms with Gasteiger partial charge in [-0.25, -0.2) is 9.59 Å². The standard InChI is InChI=1S/C26H30N2O6/c1-14-18(5-6-19-20(14)12-33-24(19)31)22(29)11-28-16-3-4-17(28)10-26(9-16)7-8-27(25(26)32)21-13-34-23(30)15(21)2/h5-6,16-17,22,29H,3-4,7-13H2,1-2H3/t16-,17+,22-,26-/m0/s1. The number of likely N-dealkylation sites (tertiary alicyclic amines) is 1. The zero-order valence-electron chi connectivity index (χ0n) is 19.6. The van der Waals surface area contributed by atoms with E-state index in [1.165, 1.54) is 0 Å². The number of ether oxygens (including phenoxy) is 2. The molecule has 3 fully saturated rings. The van der Waals surface area contributed by atoms with Crippen LogP contribution >= 0.6 is 0 Å². The Balaban J connectivity index is 1.18. The van der Waals surface area contributed by atoms with Crippen LogP contribution in [0.15, 0.2) is 23.4 Å². The number of rotatable bonds is 4. The van der Waals surface area contributed by atoms with Crippen molar-refractivity contribution in [1.29, 1.82) is 0 Å². The van der Waals surface area contributed by atoms with Crippen LogP contribution in [0.3, 0.4) is 0 Å². The Morgan fingerprint density at radius 3 is 2.44 bits per heavy atom. The molecule has 34 heavy (non-hydrogen) atoms. The number of amides is 1. The van der Waals surface area contributed by atoms with Crippen LogP contribution in [0.4, 0.5) is 0 Å². The van der Waals surface area contributed by atoms with Gasteiger partial charge in [0.1, 0.15) is 13.2 Å². The number of carbonyl (C=O) groups is 3. The third kappa shape index (κ3) is 3.08. The largest absolute Gasteiger partial charge is 0.457 e. The Labute approximate surface area is 198 Å². The van der Waals surface area contributed by atoms with Crippen molar-refractivity contribution in [3.63, 3.8) is 0 Å². The minimum absolute atomic E-state index is 0.136. The predicted molar refractivity (Wildman–Crippen MR) is 120 cm³/mol. The van der Waals surface area contributed by atoms with Crippen LogP contribution in [0.1, 0.15) is 72.2 Å². The molecule has 0 saturated carbocycles. The van der Waals surface area contributed by atoms with Crippen LogP contribution in [-0.2, 0) is 25.7 Å². The number of cyclic esters (lactones) is 2. The van der Waals surface area contributed by atoms with Gasteiger partial charge in [0, 0.05) is 30.7 Å². The summed E-state index contributed by atoms with van der Waals surface area (Å²) in [7, 11) is 0. The Morgan fingerprint density at radius 1 is 1.06 bits per heavy atom. The topological polar surface area (TPSA) is 96.4 Å². The molecule has 6 rings (SSSR count). The second kappa shape index (κ2) is 7.65. The number of hydrogen-bond acceptors (Lipinski definition) is 7. The first-order valence-corrected chi connectivity index (χ1v) is 12.2. The zero-order chi connectivity index (χ0) is 23.8. The first kappa shape index (κ1) is 21.8. The van der Waals surface area contributed by atoms with E-state index >= 15 is 0 Å². The Morgan fingerprint density at radius 2 is 1.76 bits per heavy atom. The number of aliphatic hydroxyl groups is 1. The van der Waals surface area contributed by atoms with Crippen molar-refractivity contribution in [3.8, 4) is 0 Å². The highest BCUT2D eigenvalue weighted by Crippen LogP contribution is 2.52. The van der Waals surface area contributed by atoms with Gasteiger partial charge in [0.2, 0.25) is 5.91 Å². The molecule has 0 aromatic heterocycles. The third-order valence-corrected chi connectivity index (χ3v) is 8.89. The molecule has 1 N–H and O–H groups in total. The molecule has 1 aromatic carbocycles. The lowest BCUT2D eigenvalue weighted by molar-refractivity contribution is -0.140. The van der Waals surface area contributed by atoms with Crippen LogP contribution in [0.25, 0.3) is 0 Å². The van der Waals surface area contributed by atoms with Gasteiger partial charge in [0.15, 0.2) is 0 Å². The molecule has 1 spiro atoms. The van der Waals surface area contributed by atoms with E-state index in [-0.39, 0.29) is 48.6 Å². The van der Waals surface area contributed by atoms with Crippen LogP contribution in [0.5, 0.6) is 0 Å². The van der Waals surface area contributed by atoms with E-state index in [4.69, 9.17) is 9.47 Å². The van der Waals surface area contributed by atoms with Gasteiger partial charge < -0.3 is 19.5 Å². The highest BCUT2D eigenvalue weighted by Gasteiger charge is 2.56. The number of fused-ring (bicyclic) bond motifs is 3. The number of benzene rings is 1. The molecule has 8 heteroatoms. The minimum atomic E-state index is -0.664. The van der Waals surface area contributed by atoms with Crippen molar-refractivity contribution in [2.45, 2.75) is 70.7 Å². The predicted octanol–water partition coefficient (Wildman–Crippen LogP) is 2.38. The molecule has 1 aromatic rings. The molecule has 5 aliphatic rings. The average molecular weight is 467 g/mol. The number of hydrogen-bond donors (Lipinski definition) is 1. The van der Waals surface area contributed by atoms with E-state index in [2.05, 4.69) is 4.90 Å². The van der Waals surface area contributed by atoms with Crippen LogP contribution < -0.4 is 0 Å². The summed E-state index contributed by atoms with van der Waals surface area (Å²) in [4.78, 5) is 41.4. The first-order valence-electron chi connectivity index (χ1n) is 12.2. The number of carbonyl (C=O) groups excluding carboxylic acids is 3. The molecule has 2 bridgehead atoms. The van der Waals surface area contributed by atoms with Gasteiger partial charge in [-0.2, -0.15) is 0 Å². The lowest BCUT2D eigenvalue weighted by atomic mass is 9.73. The summed E-state index contributed by atoms with van der Waals surface area (Å²) in [5, 5.41) is 11.2. The van der Waals surface area contributed by atoms with E-state index in [1.807, 2.05) is 13.0 Å². The average Bonchev–Trinajstić information content (AvgIpc) is 3.50. The summed E-state index contributed by atoms with van der Waals surface area (Å²) < 4.78 is 10.3. The number of piperidine rings is 1. The lowest BCUT2D eigenvalue weighted by Gasteiger charge is -2.44. The van der Waals surface area contributed by atoms with Gasteiger partial charge in [-0.05, 0) is 63.1 Å². The quantitative estimate of drug-likeness (QED) is 0.681. The Bertz CT molecular complexity index is 1130. The molecule has 0 aliphatic carbocycles. The molecule has 3 saturated heterocycles. The van der Waals surface area contributed by atoms with E-state index in [0.717, 1.165) is 54.5 Å². The van der Waals surface area contributed by atoms with Gasteiger partial charge in [-0.1, -0.05) is 6.07 Å². The molecular weight excluding hydrogens is 436 g/mol. The molecule has 8 nitrogen and oxygen atoms in total. The molecule has 5 heterocycles. The van der Waals surface area contributed by atoms with Gasteiger partial charge >= 0.3 is 11.9 Å². The normalized spacial score (nSPS) is 31.5. The highest BCUT2D eigenvalue weighted by molar-refractivity contribution is 5.94. The number of aliphatic hydroxyl groups excluding tert-OH is 1. The van der Waals surface area contributed by atoms with Crippen molar-refractivity contribution in [3.05, 3.63) is 45.7 Å². The Hall–Kier alpha value is -2.71. The summed E-state index contributed by atoms with van der Waals surface area (Å²) >= 11 is 0. The lowest BCUT2D eigenvalue weighted by Crippen LogP contribution is -2.51. The fraction of sp³-hybridized carbons (Fsp3) is 0.577. The maximum absolute atomic E-state index is 13.6. The fourth-order valence-electron chi connectivity index (χ4n) is 6.97. The SMILES string of the molecule is CC1=C(N2CC[C@]3(C[C@H]4CC[C@@H](C3)N4C[C@H](O)c3ccc4c(c3C)COC4=O)C2=O)COC1=O. The maximum Gasteiger partial charge on any atom is 0.338 e. The van der Waals surface area contributed by atoms with Crippen molar-refractivity contribution in [1.82, 2.24) is 9.80 Å². The molecular formula is C26H30N2O6. The molecule has 4 atom stereocenters. The second-order valence-electron chi connectivity index (χ2n) is 10.5. The summed E-state index contributed by atoms with van der Waals surface area (Å²) in [5.41, 5.74) is 4.13. The van der Waals surface area contributed by atoms with E-state index < -0.39 is 6.10 Å². The summed E-state index contributed by atoms with van der Waals surface area (Å²) in [6.45, 7) is 5.29. The molecule has 0 radical (unpaired) electrons. The maximum atomic E-state index is 13.6. The van der Waals surface area contributed by atoms with Gasteiger partial charge in [0.25, 0.3) is 0 Å². The van der Waals surface area contributed by atoms with Gasteiger partial charge in [0.05, 0.1) is 28.4 Å². The molecule has 180 valence electrons. The van der Waals surface area contributed by atoms with E-state index in [9.17, 15) is 19.5 Å². The third-order valence-electron chi connectivity index (χ3n) is 8.89. The summed E-state index contributed by atoms with van der Waals surface area (Å²) in [6, 6.07) is 4.12. The number of esters is 2. The van der Waals surface area contributed by atoms with Crippen LogP contribution in [0.2, 0.25) is 0 Å². The smallest absolute Gasteiger partial charge is 0.338 e. The fourth-order valence-corrected chi connectivity index (χ4v) is 6.97. The van der Waals surface area contributed by atoms with E-state index in [1.54, 1.807) is 17.9 Å². The molecule has 1 amide bonds. The van der Waals surface area contributed by atoms with Gasteiger partial charge in [-0.3, -0.25) is 9.69 Å². The van der Waals surface area contributed by atoms with Crippen molar-refractivity contribution in [2.24, 2.45) is 5.41 Å². The second-order valence-corrected chi connectivity index (χ2v) is 10.5. The zero-order valence-corrected chi connectivity index (χ0v) is 19.6. The van der Waals surface area contributed by atoms with Crippen molar-refractivity contribution in [2.75, 3.05) is 19.7 Å².